The van der Waals surface area contributed by atoms with Crippen LogP contribution in [0.5, 0.6) is 17.2 Å². The first kappa shape index (κ1) is 27.4. The second kappa shape index (κ2) is 13.2. The average molecular weight is 541 g/mol. The molecule has 8 nitrogen and oxygen atoms in total. The van der Waals surface area contributed by atoms with Crippen LogP contribution < -0.4 is 19.5 Å². The Kier molecular flexibility index (Phi) is 9.27. The number of nitrogens with one attached hydrogen (secondary N) is 1. The Labute approximate surface area is 231 Å². The molecule has 39 heavy (non-hydrogen) atoms. The van der Waals surface area contributed by atoms with Crippen molar-refractivity contribution in [1.29, 1.82) is 5.26 Å². The lowest BCUT2D eigenvalue weighted by Crippen LogP contribution is -2.13. The van der Waals surface area contributed by atoms with Gasteiger partial charge in [0.05, 0.1) is 7.11 Å². The Morgan fingerprint density at radius 3 is 2.44 bits per heavy atom. The maximum absolute atomic E-state index is 12.7. The Hall–Kier alpha value is -4.68. The zero-order chi connectivity index (χ0) is 27.6. The summed E-state index contributed by atoms with van der Waals surface area (Å²) < 4.78 is 17.1. The molecule has 4 aromatic rings. The van der Waals surface area contributed by atoms with Gasteiger partial charge in [-0.3, -0.25) is 10.1 Å². The monoisotopic (exact) mass is 540 g/mol. The van der Waals surface area contributed by atoms with Crippen molar-refractivity contribution in [3.05, 3.63) is 99.6 Å². The minimum atomic E-state index is -0.567. The van der Waals surface area contributed by atoms with Crippen LogP contribution >= 0.6 is 11.3 Å². The minimum Gasteiger partial charge on any atom is -0.493 e. The fourth-order valence-electron chi connectivity index (χ4n) is 3.78. The van der Waals surface area contributed by atoms with E-state index < -0.39 is 5.91 Å². The number of amides is 1. The van der Waals surface area contributed by atoms with Gasteiger partial charge < -0.3 is 14.2 Å². The largest absolute Gasteiger partial charge is 0.493 e. The molecule has 1 aromatic heterocycles. The highest BCUT2D eigenvalue weighted by Gasteiger charge is 2.14. The van der Waals surface area contributed by atoms with Gasteiger partial charge in [0.1, 0.15) is 35.6 Å². The van der Waals surface area contributed by atoms with Gasteiger partial charge in [0.15, 0.2) is 11.5 Å². The lowest BCUT2D eigenvalue weighted by Gasteiger charge is -2.13. The number of anilines is 1. The van der Waals surface area contributed by atoms with E-state index in [4.69, 9.17) is 14.2 Å². The number of carbonyl (C=O) groups excluding carboxylic acids is 1. The van der Waals surface area contributed by atoms with Crippen molar-refractivity contribution in [3.63, 3.8) is 0 Å². The van der Waals surface area contributed by atoms with Gasteiger partial charge in [0.2, 0.25) is 5.13 Å². The molecule has 4 rings (SSSR count). The SMILES string of the molecule is COc1cc(/C=C(/C#N)C(=O)Nc2nnc(Cc3ccccc3)s2)ccc1OCCOc1ccc(C)cc1C. The first-order valence-electron chi connectivity index (χ1n) is 12.3. The number of hydrogen-bond acceptors (Lipinski definition) is 8. The number of hydrogen-bond donors (Lipinski definition) is 1. The van der Waals surface area contributed by atoms with E-state index >= 15 is 0 Å². The minimum absolute atomic E-state index is 0.0765. The predicted octanol–water partition coefficient (Wildman–Crippen LogP) is 5.76. The third-order valence-electron chi connectivity index (χ3n) is 5.68. The van der Waals surface area contributed by atoms with Crippen molar-refractivity contribution in [2.24, 2.45) is 0 Å². The van der Waals surface area contributed by atoms with Crippen LogP contribution in [-0.2, 0) is 11.2 Å². The lowest BCUT2D eigenvalue weighted by molar-refractivity contribution is -0.112. The molecule has 198 valence electrons. The van der Waals surface area contributed by atoms with Crippen LogP contribution in [0.15, 0.2) is 72.3 Å². The molecule has 0 fully saturated rings. The van der Waals surface area contributed by atoms with Crippen LogP contribution in [0, 0.1) is 25.2 Å². The van der Waals surface area contributed by atoms with Crippen LogP contribution in [0.3, 0.4) is 0 Å². The van der Waals surface area contributed by atoms with Gasteiger partial charge in [-0.15, -0.1) is 10.2 Å². The highest BCUT2D eigenvalue weighted by molar-refractivity contribution is 7.15. The lowest BCUT2D eigenvalue weighted by atomic mass is 10.1. The van der Waals surface area contributed by atoms with E-state index in [1.807, 2.05) is 62.4 Å². The molecule has 0 unspecified atom stereocenters. The summed E-state index contributed by atoms with van der Waals surface area (Å²) in [7, 11) is 1.53. The van der Waals surface area contributed by atoms with Gasteiger partial charge in [-0.1, -0.05) is 65.4 Å². The maximum atomic E-state index is 12.7. The summed E-state index contributed by atoms with van der Waals surface area (Å²) in [5.41, 5.74) is 3.88. The van der Waals surface area contributed by atoms with Gasteiger partial charge in [-0.2, -0.15) is 5.26 Å². The Morgan fingerprint density at radius 1 is 0.974 bits per heavy atom. The summed E-state index contributed by atoms with van der Waals surface area (Å²) in [5, 5.41) is 21.5. The number of rotatable bonds is 11. The number of nitrogens with zero attached hydrogens (tertiary/aromatic N) is 3. The molecule has 0 bridgehead atoms. The maximum Gasteiger partial charge on any atom is 0.268 e. The summed E-state index contributed by atoms with van der Waals surface area (Å²) in [6, 6.07) is 23.0. The van der Waals surface area contributed by atoms with Crippen LogP contribution in [0.1, 0.15) is 27.3 Å². The molecule has 1 heterocycles. The third-order valence-corrected chi connectivity index (χ3v) is 6.52. The van der Waals surface area contributed by atoms with E-state index in [-0.39, 0.29) is 5.57 Å². The number of ether oxygens (including phenoxy) is 3. The van der Waals surface area contributed by atoms with Crippen molar-refractivity contribution >= 4 is 28.5 Å². The summed E-state index contributed by atoms with van der Waals surface area (Å²) in [6.07, 6.45) is 2.10. The zero-order valence-corrected chi connectivity index (χ0v) is 22.7. The molecule has 0 aliphatic heterocycles. The Morgan fingerprint density at radius 2 is 1.72 bits per heavy atom. The highest BCUT2D eigenvalue weighted by atomic mass is 32.1. The van der Waals surface area contributed by atoms with Crippen molar-refractivity contribution < 1.29 is 19.0 Å². The molecular formula is C30H28N4O4S. The van der Waals surface area contributed by atoms with E-state index in [2.05, 4.69) is 21.6 Å². The van der Waals surface area contributed by atoms with Crippen molar-refractivity contribution in [2.75, 3.05) is 25.6 Å². The van der Waals surface area contributed by atoms with E-state index in [0.717, 1.165) is 21.9 Å². The van der Waals surface area contributed by atoms with E-state index in [1.165, 1.54) is 30.1 Å². The average Bonchev–Trinajstić information content (AvgIpc) is 3.37. The molecule has 1 amide bonds. The number of nitriles is 1. The second-order valence-corrected chi connectivity index (χ2v) is 9.73. The third kappa shape index (κ3) is 7.66. The standard InChI is InChI=1S/C30H28N4O4S/c1-20-9-11-25(21(2)15-20)37-13-14-38-26-12-10-23(17-27(26)36-3)16-24(19-31)29(35)32-30-34-33-28(39-30)18-22-7-5-4-6-8-22/h4-12,15-17H,13-14,18H2,1-3H3,(H,32,34,35)/b24-16-. The molecule has 1 N–H and O–H groups in total. The number of aryl methyl sites for hydroxylation is 2. The zero-order valence-electron chi connectivity index (χ0n) is 21.9. The van der Waals surface area contributed by atoms with Gasteiger partial charge in [0, 0.05) is 6.42 Å². The molecular weight excluding hydrogens is 512 g/mol. The quantitative estimate of drug-likeness (QED) is 0.146. The number of methoxy groups -OCH3 is 1. The van der Waals surface area contributed by atoms with Gasteiger partial charge in [-0.25, -0.2) is 0 Å². The van der Waals surface area contributed by atoms with E-state index in [0.29, 0.717) is 41.8 Å². The molecule has 0 spiro atoms. The van der Waals surface area contributed by atoms with Crippen molar-refractivity contribution in [3.8, 4) is 23.3 Å². The fourth-order valence-corrected chi connectivity index (χ4v) is 4.55. The fraction of sp³-hybridized carbons (Fsp3) is 0.200. The van der Waals surface area contributed by atoms with E-state index in [9.17, 15) is 10.1 Å². The highest BCUT2D eigenvalue weighted by Crippen LogP contribution is 2.29. The molecule has 9 heteroatoms. The normalized spacial score (nSPS) is 11.0. The second-order valence-electron chi connectivity index (χ2n) is 8.66. The molecule has 0 aliphatic rings. The van der Waals surface area contributed by atoms with Gasteiger partial charge in [-0.05, 0) is 54.8 Å². The van der Waals surface area contributed by atoms with Crippen molar-refractivity contribution in [1.82, 2.24) is 10.2 Å². The Balaban J connectivity index is 1.35. The molecule has 0 saturated carbocycles. The summed E-state index contributed by atoms with van der Waals surface area (Å²) >= 11 is 1.27. The molecule has 0 atom stereocenters. The molecule has 0 saturated heterocycles. The number of benzene rings is 3. The van der Waals surface area contributed by atoms with Gasteiger partial charge >= 0.3 is 0 Å². The van der Waals surface area contributed by atoms with Crippen LogP contribution in [0.4, 0.5) is 5.13 Å². The van der Waals surface area contributed by atoms with Crippen molar-refractivity contribution in [2.45, 2.75) is 20.3 Å². The summed E-state index contributed by atoms with van der Waals surface area (Å²) in [4.78, 5) is 12.7. The summed E-state index contributed by atoms with van der Waals surface area (Å²) in [6.45, 7) is 4.73. The topological polar surface area (TPSA) is 106 Å². The Bertz CT molecular complexity index is 1510. The molecule has 0 radical (unpaired) electrons. The summed E-state index contributed by atoms with van der Waals surface area (Å²) in [5.74, 6) is 1.26. The smallest absolute Gasteiger partial charge is 0.268 e. The first-order chi connectivity index (χ1) is 18.9. The van der Waals surface area contributed by atoms with E-state index in [1.54, 1.807) is 18.2 Å². The van der Waals surface area contributed by atoms with Gasteiger partial charge in [0.25, 0.3) is 5.91 Å². The first-order valence-corrected chi connectivity index (χ1v) is 13.1. The molecule has 0 aliphatic carbocycles. The van der Waals surface area contributed by atoms with Crippen LogP contribution in [0.2, 0.25) is 0 Å². The number of carbonyl (C=O) groups is 1. The predicted molar refractivity (Wildman–Crippen MR) is 151 cm³/mol. The van der Waals surface area contributed by atoms with Crippen LogP contribution in [-0.4, -0.2) is 36.4 Å². The number of aromatic nitrogens is 2. The van der Waals surface area contributed by atoms with Crippen LogP contribution in [0.25, 0.3) is 6.08 Å². The molecule has 3 aromatic carbocycles.